The van der Waals surface area contributed by atoms with Crippen molar-refractivity contribution in [2.45, 2.75) is 134 Å². The van der Waals surface area contributed by atoms with E-state index in [0.29, 0.717) is 6.42 Å². The van der Waals surface area contributed by atoms with Crippen LogP contribution in [0.1, 0.15) is 104 Å². The zero-order valence-electron chi connectivity index (χ0n) is 25.8. The van der Waals surface area contributed by atoms with E-state index in [9.17, 15) is 32.8 Å². The van der Waals surface area contributed by atoms with Crippen molar-refractivity contribution in [2.75, 3.05) is 6.54 Å². The Bertz CT molecular complexity index is 1070. The number of rotatable bonds is 11. The first kappa shape index (κ1) is 33.1. The van der Waals surface area contributed by atoms with E-state index in [1.165, 1.54) is 4.90 Å². The Balaban J connectivity index is 1.54. The molecule has 12 heteroatoms. The van der Waals surface area contributed by atoms with E-state index in [1.807, 2.05) is 20.8 Å². The quantitative estimate of drug-likeness (QED) is 0.265. The summed E-state index contributed by atoms with van der Waals surface area (Å²) in [5.74, 6) is -7.93. The van der Waals surface area contributed by atoms with Crippen molar-refractivity contribution in [2.24, 2.45) is 29.4 Å². The zero-order valence-corrected chi connectivity index (χ0v) is 25.8. The number of alkyl halides is 2. The number of hydrogen-bond donors (Lipinski definition) is 4. The molecule has 10 nitrogen and oxygen atoms in total. The molecule has 0 bridgehead atoms. The lowest BCUT2D eigenvalue weighted by molar-refractivity contribution is -0.144. The van der Waals surface area contributed by atoms with Crippen molar-refractivity contribution in [1.29, 1.82) is 0 Å². The van der Waals surface area contributed by atoms with E-state index >= 15 is 0 Å². The van der Waals surface area contributed by atoms with E-state index in [0.717, 1.165) is 64.2 Å². The predicted molar refractivity (Wildman–Crippen MR) is 156 cm³/mol. The van der Waals surface area contributed by atoms with Crippen LogP contribution in [0.4, 0.5) is 13.6 Å². The second-order valence-corrected chi connectivity index (χ2v) is 14.0. The fourth-order valence-electron chi connectivity index (χ4n) is 7.50. The van der Waals surface area contributed by atoms with Crippen LogP contribution in [0.3, 0.4) is 0 Å². The van der Waals surface area contributed by atoms with E-state index in [2.05, 4.69) is 16.0 Å². The normalized spacial score (nSPS) is 28.0. The highest BCUT2D eigenvalue weighted by Gasteiger charge is 2.58. The predicted octanol–water partition coefficient (Wildman–Crippen LogP) is 3.41. The highest BCUT2D eigenvalue weighted by atomic mass is 19.3. The Morgan fingerprint density at radius 2 is 1.53 bits per heavy atom. The maximum Gasteiger partial charge on any atom is 0.315 e. The first-order chi connectivity index (χ1) is 20.2. The van der Waals surface area contributed by atoms with Gasteiger partial charge in [-0.3, -0.25) is 19.2 Å². The molecule has 1 saturated heterocycles. The maximum absolute atomic E-state index is 14.3. The molecule has 5 amide bonds. The van der Waals surface area contributed by atoms with Gasteiger partial charge in [-0.05, 0) is 63.2 Å². The number of amides is 5. The molecule has 0 aromatic rings. The number of nitrogens with zero attached hydrogens (tertiary/aromatic N) is 1. The molecule has 3 saturated carbocycles. The number of Topliss-reactive ketones (excluding diaryl/α,β-unsaturated/α-hetero) is 1. The van der Waals surface area contributed by atoms with Gasteiger partial charge in [-0.15, -0.1) is 0 Å². The van der Waals surface area contributed by atoms with Gasteiger partial charge in [0.25, 0.3) is 11.8 Å². The summed E-state index contributed by atoms with van der Waals surface area (Å²) in [6, 6.07) is -3.71. The number of primary amides is 1. The number of nitrogens with one attached hydrogen (secondary N) is 3. The molecule has 43 heavy (non-hydrogen) atoms. The summed E-state index contributed by atoms with van der Waals surface area (Å²) >= 11 is 0. The van der Waals surface area contributed by atoms with Crippen LogP contribution >= 0.6 is 0 Å². The Hall–Kier alpha value is -2.79. The summed E-state index contributed by atoms with van der Waals surface area (Å²) in [5.41, 5.74) is 4.84. The highest BCUT2D eigenvalue weighted by Crippen LogP contribution is 2.51. The van der Waals surface area contributed by atoms with Gasteiger partial charge < -0.3 is 26.6 Å². The molecule has 242 valence electrons. The summed E-state index contributed by atoms with van der Waals surface area (Å²) < 4.78 is 27.4. The smallest absolute Gasteiger partial charge is 0.315 e. The van der Waals surface area contributed by atoms with Gasteiger partial charge in [-0.2, -0.15) is 0 Å². The number of hydrogen-bond acceptors (Lipinski definition) is 5. The molecule has 1 aliphatic heterocycles. The number of carbonyl (C=O) groups is 5. The van der Waals surface area contributed by atoms with E-state index in [1.54, 1.807) is 0 Å². The van der Waals surface area contributed by atoms with Crippen LogP contribution in [0.2, 0.25) is 0 Å². The highest BCUT2D eigenvalue weighted by molar-refractivity contribution is 6.37. The molecule has 0 aromatic heterocycles. The molecule has 5 atom stereocenters. The van der Waals surface area contributed by atoms with Gasteiger partial charge in [-0.1, -0.05) is 52.4 Å². The molecule has 4 fully saturated rings. The molecule has 4 aliphatic rings. The third-order valence-electron chi connectivity index (χ3n) is 10.3. The number of nitrogens with two attached hydrogens (primary N) is 1. The van der Waals surface area contributed by atoms with E-state index in [-0.39, 0.29) is 35.7 Å². The van der Waals surface area contributed by atoms with Crippen molar-refractivity contribution in [3.8, 4) is 0 Å². The summed E-state index contributed by atoms with van der Waals surface area (Å²) in [4.78, 5) is 67.2. The molecular formula is C31H49F2N5O5. The number of urea groups is 1. The third kappa shape index (κ3) is 8.03. The molecule has 0 aromatic carbocycles. The van der Waals surface area contributed by atoms with E-state index < -0.39 is 66.4 Å². The Labute approximate surface area is 253 Å². The van der Waals surface area contributed by atoms with Gasteiger partial charge in [0, 0.05) is 24.4 Å². The van der Waals surface area contributed by atoms with Gasteiger partial charge >= 0.3 is 6.03 Å². The lowest BCUT2D eigenvalue weighted by atomic mass is 9.82. The Kier molecular flexibility index (Phi) is 10.4. The minimum atomic E-state index is -2.95. The minimum Gasteiger partial charge on any atom is -0.363 e. The summed E-state index contributed by atoms with van der Waals surface area (Å²) in [5, 5.41) is 8.61. The molecule has 4 rings (SSSR count). The standard InChI is InChI=1S/C31H49F2N5O5/c1-18(2)21-12-15-38(24(21)27(41)35-22(25(39)26(34)40)16-20-17-31(20,32)33)28(42)23(19-10-6-4-7-11-19)36-29(43)37-30(3)13-8-5-9-14-30/h18-24H,4-17H2,1-3H3,(H2,34,40)(H,35,41)(H2,36,37,43)/t20?,21-,22?,23+,24+/m1/s1. The second-order valence-electron chi connectivity index (χ2n) is 14.0. The van der Waals surface area contributed by atoms with Crippen LogP contribution in [-0.4, -0.2) is 70.6 Å². The minimum absolute atomic E-state index is 0.0118. The average Bonchev–Trinajstić information content (AvgIpc) is 3.33. The number of halogens is 2. The monoisotopic (exact) mass is 609 g/mol. The molecule has 1 heterocycles. The first-order valence-corrected chi connectivity index (χ1v) is 16.1. The topological polar surface area (TPSA) is 151 Å². The third-order valence-corrected chi connectivity index (χ3v) is 10.3. The maximum atomic E-state index is 14.3. The van der Waals surface area contributed by atoms with E-state index in [4.69, 9.17) is 5.73 Å². The van der Waals surface area contributed by atoms with Crippen molar-refractivity contribution in [3.05, 3.63) is 0 Å². The van der Waals surface area contributed by atoms with Gasteiger partial charge in [-0.25, -0.2) is 13.6 Å². The number of likely N-dealkylation sites (tertiary alicyclic amines) is 1. The molecule has 3 aliphatic carbocycles. The van der Waals surface area contributed by atoms with Crippen molar-refractivity contribution in [3.63, 3.8) is 0 Å². The van der Waals surface area contributed by atoms with Crippen LogP contribution in [-0.2, 0) is 19.2 Å². The molecule has 2 unspecified atom stereocenters. The fourth-order valence-corrected chi connectivity index (χ4v) is 7.50. The van der Waals surface area contributed by atoms with Crippen molar-refractivity contribution in [1.82, 2.24) is 20.9 Å². The Morgan fingerprint density at radius 3 is 2.09 bits per heavy atom. The SMILES string of the molecule is CC(C)[C@H]1CCN(C(=O)[C@@H](NC(=O)NC2(C)CCCCC2)C2CCCCC2)[C@@H]1C(=O)NC(CC1CC1(F)F)C(=O)C(N)=O. The first-order valence-electron chi connectivity index (χ1n) is 16.1. The van der Waals surface area contributed by atoms with Crippen LogP contribution in [0, 0.1) is 23.7 Å². The van der Waals surface area contributed by atoms with Gasteiger partial charge in [0.2, 0.25) is 17.6 Å². The van der Waals surface area contributed by atoms with Gasteiger partial charge in [0.05, 0.1) is 6.04 Å². The zero-order chi connectivity index (χ0) is 31.5. The lowest BCUT2D eigenvalue weighted by Gasteiger charge is -2.38. The van der Waals surface area contributed by atoms with Crippen LogP contribution in [0.15, 0.2) is 0 Å². The molecule has 0 spiro atoms. The molecular weight excluding hydrogens is 560 g/mol. The average molecular weight is 610 g/mol. The fraction of sp³-hybridized carbons (Fsp3) is 0.839. The van der Waals surface area contributed by atoms with Gasteiger partial charge in [0.1, 0.15) is 12.1 Å². The van der Waals surface area contributed by atoms with Crippen LogP contribution in [0.5, 0.6) is 0 Å². The number of ketones is 1. The van der Waals surface area contributed by atoms with Crippen molar-refractivity contribution >= 4 is 29.5 Å². The van der Waals surface area contributed by atoms with Gasteiger partial charge in [0.15, 0.2) is 0 Å². The molecule has 5 N–H and O–H groups in total. The number of carbonyl (C=O) groups excluding carboxylic acids is 5. The second kappa shape index (κ2) is 13.5. The summed E-state index contributed by atoms with van der Waals surface area (Å²) in [6.45, 7) is 6.17. The lowest BCUT2D eigenvalue weighted by Crippen LogP contribution is -2.61. The van der Waals surface area contributed by atoms with Crippen LogP contribution in [0.25, 0.3) is 0 Å². The molecule has 0 radical (unpaired) electrons. The Morgan fingerprint density at radius 1 is 0.930 bits per heavy atom. The summed E-state index contributed by atoms with van der Waals surface area (Å²) in [6.07, 6.45) is 9.10. The largest absolute Gasteiger partial charge is 0.363 e. The summed E-state index contributed by atoms with van der Waals surface area (Å²) in [7, 11) is 0. The van der Waals surface area contributed by atoms with Crippen molar-refractivity contribution < 1.29 is 32.8 Å². The van der Waals surface area contributed by atoms with Crippen LogP contribution < -0.4 is 21.7 Å².